The number of primary amides is 1. The molecular weight excluding hydrogens is 598 g/mol. The Morgan fingerprint density at radius 1 is 1.05 bits per heavy atom. The Morgan fingerprint density at radius 3 is 2.52 bits per heavy atom. The van der Waals surface area contributed by atoms with Gasteiger partial charge in [0.05, 0.1) is 27.5 Å². The number of carbonyl (C=O) groups is 2. The number of anilines is 1. The zero-order valence-electron chi connectivity index (χ0n) is 21.4. The lowest BCUT2D eigenvalue weighted by atomic mass is 10.1. The Balaban J connectivity index is 1.52. The minimum absolute atomic E-state index is 0.00556. The van der Waals surface area contributed by atoms with Crippen molar-refractivity contribution in [3.8, 4) is 17.2 Å². The maximum Gasteiger partial charge on any atom is 0.417 e. The Bertz CT molecular complexity index is 1840. The monoisotopic (exact) mass is 615 g/mol. The average Bonchev–Trinajstić information content (AvgIpc) is 3.57. The maximum atomic E-state index is 13.5. The number of nitrogens with two attached hydrogens (primary N) is 1. The number of nitrogens with zero attached hydrogens (tertiary/aromatic N) is 7. The lowest BCUT2D eigenvalue weighted by Gasteiger charge is -2.13. The Hall–Kier alpha value is -4.82. The summed E-state index contributed by atoms with van der Waals surface area (Å²) in [5, 5.41) is 19.2. The summed E-state index contributed by atoms with van der Waals surface area (Å²) in [5.41, 5.74) is 5.13. The van der Waals surface area contributed by atoms with E-state index in [4.69, 9.17) is 28.9 Å². The summed E-state index contributed by atoms with van der Waals surface area (Å²) in [5.74, 6) is -1.64. The van der Waals surface area contributed by atoms with Crippen LogP contribution in [0.4, 0.5) is 18.9 Å². The number of hydrogen-bond donors (Lipinski definition) is 2. The fraction of sp³-hybridized carbons (Fsp3) is 0.115. The minimum atomic E-state index is -4.62. The van der Waals surface area contributed by atoms with E-state index >= 15 is 0 Å². The van der Waals surface area contributed by atoms with E-state index < -0.39 is 23.6 Å². The number of carbonyl (C=O) groups excluding carboxylic acids is 2. The fourth-order valence-corrected chi connectivity index (χ4v) is 4.61. The van der Waals surface area contributed by atoms with Crippen molar-refractivity contribution in [2.75, 3.05) is 5.32 Å². The molecule has 5 rings (SSSR count). The lowest BCUT2D eigenvalue weighted by Crippen LogP contribution is -2.21. The van der Waals surface area contributed by atoms with Crippen LogP contribution >= 0.6 is 23.2 Å². The fourth-order valence-electron chi connectivity index (χ4n) is 4.13. The van der Waals surface area contributed by atoms with Gasteiger partial charge in [-0.1, -0.05) is 41.4 Å². The molecular formula is C26H18Cl2F3N9O2. The highest BCUT2D eigenvalue weighted by atomic mass is 35.5. The first kappa shape index (κ1) is 28.7. The molecule has 11 nitrogen and oxygen atoms in total. The van der Waals surface area contributed by atoms with Gasteiger partial charge in [-0.25, -0.2) is 9.67 Å². The molecule has 0 saturated carbocycles. The van der Waals surface area contributed by atoms with Crippen LogP contribution in [0.1, 0.15) is 37.7 Å². The molecule has 5 aromatic rings. The summed E-state index contributed by atoms with van der Waals surface area (Å²) in [6, 6.07) is 12.3. The number of aryl methyl sites for hydroxylation is 1. The zero-order chi connectivity index (χ0) is 30.2. The third-order valence-electron chi connectivity index (χ3n) is 5.97. The molecule has 0 bridgehead atoms. The standard InChI is InChI=1S/C26H18Cl2F3N9O2/c1-13-9-14(27)10-17(22(32)41)21(13)34-25(42)20-11-15(36-40(20)24-19(28)7-4-8-33-24)12-39-37-23(35-38-39)16-5-2-3-6-18(16)26(29,30)31/h2-11H,12H2,1H3,(H2,32,41)(H,34,42). The third kappa shape index (κ3) is 5.80. The molecule has 0 radical (unpaired) electrons. The van der Waals surface area contributed by atoms with Crippen molar-refractivity contribution < 1.29 is 22.8 Å². The van der Waals surface area contributed by atoms with Crippen LogP contribution in [0.2, 0.25) is 10.0 Å². The molecule has 0 aliphatic rings. The quantitative estimate of drug-likeness (QED) is 0.263. The third-order valence-corrected chi connectivity index (χ3v) is 6.48. The van der Waals surface area contributed by atoms with Crippen molar-refractivity contribution in [2.45, 2.75) is 19.6 Å². The summed E-state index contributed by atoms with van der Waals surface area (Å²) in [6.45, 7) is 1.46. The highest BCUT2D eigenvalue weighted by Gasteiger charge is 2.34. The first-order chi connectivity index (χ1) is 19.9. The van der Waals surface area contributed by atoms with Crippen molar-refractivity contribution >= 4 is 40.7 Å². The number of benzene rings is 2. The van der Waals surface area contributed by atoms with Gasteiger partial charge in [0, 0.05) is 16.8 Å². The normalized spacial score (nSPS) is 11.5. The number of alkyl halides is 3. The van der Waals surface area contributed by atoms with Crippen molar-refractivity contribution in [2.24, 2.45) is 5.73 Å². The van der Waals surface area contributed by atoms with Gasteiger partial charge in [0.2, 0.25) is 5.82 Å². The first-order valence-corrected chi connectivity index (χ1v) is 12.7. The number of nitrogens with one attached hydrogen (secondary N) is 1. The number of rotatable bonds is 7. The number of aromatic nitrogens is 7. The van der Waals surface area contributed by atoms with E-state index in [9.17, 15) is 22.8 Å². The predicted molar refractivity (Wildman–Crippen MR) is 146 cm³/mol. The Kier molecular flexibility index (Phi) is 7.67. The molecule has 214 valence electrons. The molecule has 0 unspecified atom stereocenters. The second-order valence-corrected chi connectivity index (χ2v) is 9.74. The summed E-state index contributed by atoms with van der Waals surface area (Å²) < 4.78 is 41.7. The molecule has 2 aromatic carbocycles. The summed E-state index contributed by atoms with van der Waals surface area (Å²) >= 11 is 12.4. The van der Waals surface area contributed by atoms with Crippen LogP contribution in [-0.2, 0) is 12.7 Å². The topological polar surface area (TPSA) is 146 Å². The molecule has 3 N–H and O–H groups in total. The molecule has 0 aliphatic carbocycles. The van der Waals surface area contributed by atoms with E-state index in [-0.39, 0.29) is 56.4 Å². The number of pyridine rings is 1. The van der Waals surface area contributed by atoms with Gasteiger partial charge in [-0.05, 0) is 54.1 Å². The van der Waals surface area contributed by atoms with E-state index in [1.165, 1.54) is 41.2 Å². The maximum absolute atomic E-state index is 13.5. The van der Waals surface area contributed by atoms with Crippen LogP contribution in [0.25, 0.3) is 17.2 Å². The van der Waals surface area contributed by atoms with Crippen molar-refractivity contribution in [1.29, 1.82) is 0 Å². The number of halogens is 5. The van der Waals surface area contributed by atoms with E-state index in [0.717, 1.165) is 10.9 Å². The molecule has 0 saturated heterocycles. The zero-order valence-corrected chi connectivity index (χ0v) is 22.9. The van der Waals surface area contributed by atoms with Gasteiger partial charge in [-0.3, -0.25) is 9.59 Å². The van der Waals surface area contributed by atoms with E-state index in [1.54, 1.807) is 25.1 Å². The van der Waals surface area contributed by atoms with Gasteiger partial charge in [-0.2, -0.15) is 23.1 Å². The van der Waals surface area contributed by atoms with Gasteiger partial charge >= 0.3 is 6.18 Å². The highest BCUT2D eigenvalue weighted by molar-refractivity contribution is 6.32. The highest BCUT2D eigenvalue weighted by Crippen LogP contribution is 2.35. The lowest BCUT2D eigenvalue weighted by molar-refractivity contribution is -0.137. The molecule has 16 heteroatoms. The van der Waals surface area contributed by atoms with Crippen LogP contribution in [-0.4, -0.2) is 46.8 Å². The number of tetrazole rings is 1. The van der Waals surface area contributed by atoms with E-state index in [2.05, 4.69) is 30.8 Å². The van der Waals surface area contributed by atoms with Gasteiger partial charge in [0.25, 0.3) is 11.8 Å². The van der Waals surface area contributed by atoms with Crippen LogP contribution < -0.4 is 11.1 Å². The minimum Gasteiger partial charge on any atom is -0.366 e. The van der Waals surface area contributed by atoms with Crippen LogP contribution in [0.15, 0.2) is 60.8 Å². The van der Waals surface area contributed by atoms with E-state index in [0.29, 0.717) is 5.56 Å². The molecule has 42 heavy (non-hydrogen) atoms. The molecule has 2 amide bonds. The molecule has 0 spiro atoms. The smallest absolute Gasteiger partial charge is 0.366 e. The van der Waals surface area contributed by atoms with Gasteiger partial charge in [0.1, 0.15) is 12.2 Å². The molecule has 3 heterocycles. The largest absolute Gasteiger partial charge is 0.417 e. The molecule has 0 aliphatic heterocycles. The van der Waals surface area contributed by atoms with Crippen molar-refractivity contribution in [3.05, 3.63) is 98.9 Å². The average molecular weight is 616 g/mol. The second-order valence-electron chi connectivity index (χ2n) is 8.89. The van der Waals surface area contributed by atoms with Gasteiger partial charge in [0.15, 0.2) is 5.82 Å². The van der Waals surface area contributed by atoms with Gasteiger partial charge < -0.3 is 11.1 Å². The molecule has 3 aromatic heterocycles. The number of hydrogen-bond acceptors (Lipinski definition) is 7. The first-order valence-electron chi connectivity index (χ1n) is 12.0. The summed E-state index contributed by atoms with van der Waals surface area (Å²) in [6.07, 6.45) is -3.18. The van der Waals surface area contributed by atoms with Crippen molar-refractivity contribution in [3.63, 3.8) is 0 Å². The Morgan fingerprint density at radius 2 is 1.81 bits per heavy atom. The summed E-state index contributed by atoms with van der Waals surface area (Å²) in [4.78, 5) is 30.8. The van der Waals surface area contributed by atoms with Gasteiger partial charge in [-0.15, -0.1) is 10.2 Å². The Labute approximate surface area is 245 Å². The second kappa shape index (κ2) is 11.2. The van der Waals surface area contributed by atoms with Crippen molar-refractivity contribution in [1.82, 2.24) is 35.0 Å². The van der Waals surface area contributed by atoms with Crippen LogP contribution in [0, 0.1) is 6.92 Å². The van der Waals surface area contributed by atoms with E-state index in [1.807, 2.05) is 0 Å². The molecule has 0 atom stereocenters. The summed E-state index contributed by atoms with van der Waals surface area (Å²) in [7, 11) is 0. The van der Waals surface area contributed by atoms with Crippen LogP contribution in [0.3, 0.4) is 0 Å². The molecule has 0 fully saturated rings. The predicted octanol–water partition coefficient (Wildman–Crippen LogP) is 4.95. The SMILES string of the molecule is Cc1cc(Cl)cc(C(N)=O)c1NC(=O)c1cc(Cn2nnc(-c3ccccc3C(F)(F)F)n2)nn1-c1ncccc1Cl. The number of amides is 2. The van der Waals surface area contributed by atoms with Crippen LogP contribution in [0.5, 0.6) is 0 Å².